The summed E-state index contributed by atoms with van der Waals surface area (Å²) in [5.74, 6) is 0.313. The van der Waals surface area contributed by atoms with Crippen molar-refractivity contribution in [3.8, 4) is 17.2 Å². The topological polar surface area (TPSA) is 117 Å². The predicted molar refractivity (Wildman–Crippen MR) is 66.6 cm³/mol. The van der Waals surface area contributed by atoms with Crippen molar-refractivity contribution in [3.63, 3.8) is 0 Å². The highest BCUT2D eigenvalue weighted by Crippen LogP contribution is 2.32. The molecule has 0 aliphatic carbocycles. The Morgan fingerprint density at radius 1 is 1.42 bits per heavy atom. The minimum atomic E-state index is -0.527. The average molecular weight is 264 g/mol. The summed E-state index contributed by atoms with van der Waals surface area (Å²) in [5, 5.41) is 18.2. The molecule has 0 atom stereocenters. The van der Waals surface area contributed by atoms with Gasteiger partial charge in [0, 0.05) is 11.6 Å². The summed E-state index contributed by atoms with van der Waals surface area (Å²) >= 11 is 0. The summed E-state index contributed by atoms with van der Waals surface area (Å²) in [6.45, 7) is 3.58. The maximum absolute atomic E-state index is 11.0. The predicted octanol–water partition coefficient (Wildman–Crippen LogP) is 2.01. The quantitative estimate of drug-likeness (QED) is 0.662. The number of aromatic nitrogens is 2. The zero-order chi connectivity index (χ0) is 14.0. The Morgan fingerprint density at radius 2 is 2.16 bits per heavy atom. The summed E-state index contributed by atoms with van der Waals surface area (Å²) in [7, 11) is 0. The summed E-state index contributed by atoms with van der Waals surface area (Å²) < 4.78 is 10.4. The van der Waals surface area contributed by atoms with E-state index in [9.17, 15) is 10.1 Å². The van der Waals surface area contributed by atoms with E-state index < -0.39 is 4.92 Å². The molecule has 1 heterocycles. The molecule has 0 fully saturated rings. The largest absolute Gasteiger partial charge is 0.484 e. The third-order valence-corrected chi connectivity index (χ3v) is 2.21. The van der Waals surface area contributed by atoms with Gasteiger partial charge in [0.05, 0.1) is 11.0 Å². The van der Waals surface area contributed by atoms with Crippen molar-refractivity contribution in [2.75, 3.05) is 5.73 Å². The molecule has 19 heavy (non-hydrogen) atoms. The van der Waals surface area contributed by atoms with E-state index in [1.54, 1.807) is 19.9 Å². The number of benzene rings is 1. The fraction of sp³-hybridized carbons (Fsp3) is 0.273. The molecule has 0 saturated carbocycles. The number of nitro benzene ring substituents is 1. The van der Waals surface area contributed by atoms with Crippen LogP contribution in [0.5, 0.6) is 5.75 Å². The molecule has 0 saturated heterocycles. The van der Waals surface area contributed by atoms with E-state index in [1.807, 2.05) is 0 Å². The van der Waals surface area contributed by atoms with Crippen molar-refractivity contribution in [2.45, 2.75) is 20.0 Å². The van der Waals surface area contributed by atoms with Crippen molar-refractivity contribution in [1.29, 1.82) is 0 Å². The number of anilines is 1. The first-order valence-electron chi connectivity index (χ1n) is 5.52. The minimum absolute atomic E-state index is 0.0971. The molecule has 8 nitrogen and oxygen atoms in total. The van der Waals surface area contributed by atoms with Crippen LogP contribution >= 0.6 is 0 Å². The number of ether oxygens (including phenoxy) is 1. The van der Waals surface area contributed by atoms with Crippen LogP contribution < -0.4 is 10.5 Å². The molecule has 100 valence electrons. The second kappa shape index (κ2) is 4.92. The average Bonchev–Trinajstić information content (AvgIpc) is 2.75. The summed E-state index contributed by atoms with van der Waals surface area (Å²) in [6.07, 6.45) is -0.163. The molecule has 1 aromatic heterocycles. The third kappa shape index (κ3) is 2.79. The van der Waals surface area contributed by atoms with Crippen LogP contribution in [-0.4, -0.2) is 21.2 Å². The minimum Gasteiger partial charge on any atom is -0.484 e. The number of hydrogen-bond donors (Lipinski definition) is 1. The zero-order valence-electron chi connectivity index (χ0n) is 10.4. The SMILES string of the molecule is CC(C)Oc1ccc(-c2nnc(N)o2)cc1[N+](=O)[O-]. The van der Waals surface area contributed by atoms with Crippen molar-refractivity contribution in [3.05, 3.63) is 28.3 Å². The molecule has 8 heteroatoms. The van der Waals surface area contributed by atoms with Crippen LogP contribution in [0.25, 0.3) is 11.5 Å². The second-order valence-corrected chi connectivity index (χ2v) is 4.05. The maximum atomic E-state index is 11.0. The van der Waals surface area contributed by atoms with Gasteiger partial charge >= 0.3 is 11.7 Å². The number of nitrogen functional groups attached to an aromatic ring is 1. The molecule has 0 aliphatic heterocycles. The Kier molecular flexibility index (Phi) is 3.32. The molecular weight excluding hydrogens is 252 g/mol. The fourth-order valence-electron chi connectivity index (χ4n) is 1.50. The Bertz CT molecular complexity index is 608. The van der Waals surface area contributed by atoms with E-state index in [0.29, 0.717) is 5.56 Å². The normalized spacial score (nSPS) is 10.7. The molecule has 0 spiro atoms. The van der Waals surface area contributed by atoms with Gasteiger partial charge in [-0.05, 0) is 26.0 Å². The highest BCUT2D eigenvalue weighted by molar-refractivity contribution is 5.62. The van der Waals surface area contributed by atoms with Crippen molar-refractivity contribution >= 4 is 11.7 Å². The molecule has 2 aromatic rings. The molecular formula is C11H12N4O4. The Balaban J connectivity index is 2.44. The molecule has 0 unspecified atom stereocenters. The molecule has 0 bridgehead atoms. The van der Waals surface area contributed by atoms with Crippen LogP contribution in [0.3, 0.4) is 0 Å². The summed E-state index contributed by atoms with van der Waals surface area (Å²) in [6, 6.07) is 4.30. The van der Waals surface area contributed by atoms with Gasteiger partial charge < -0.3 is 14.9 Å². The highest BCUT2D eigenvalue weighted by Gasteiger charge is 2.19. The molecule has 2 N–H and O–H groups in total. The van der Waals surface area contributed by atoms with E-state index in [0.717, 1.165) is 0 Å². The van der Waals surface area contributed by atoms with Gasteiger partial charge in [-0.15, -0.1) is 5.10 Å². The number of nitrogens with two attached hydrogens (primary N) is 1. The van der Waals surface area contributed by atoms with E-state index >= 15 is 0 Å². The van der Waals surface area contributed by atoms with Gasteiger partial charge in [-0.3, -0.25) is 10.1 Å². The smallest absolute Gasteiger partial charge is 0.313 e. The van der Waals surface area contributed by atoms with Crippen LogP contribution in [0.4, 0.5) is 11.7 Å². The molecule has 0 radical (unpaired) electrons. The van der Waals surface area contributed by atoms with E-state index in [-0.39, 0.29) is 29.4 Å². The zero-order valence-corrected chi connectivity index (χ0v) is 10.4. The lowest BCUT2D eigenvalue weighted by atomic mass is 10.2. The Morgan fingerprint density at radius 3 is 2.68 bits per heavy atom. The van der Waals surface area contributed by atoms with Crippen LogP contribution in [0.15, 0.2) is 22.6 Å². The van der Waals surface area contributed by atoms with Crippen molar-refractivity contribution < 1.29 is 14.1 Å². The molecule has 0 amide bonds. The van der Waals surface area contributed by atoms with Gasteiger partial charge in [-0.2, -0.15) is 0 Å². The van der Waals surface area contributed by atoms with Gasteiger partial charge in [-0.25, -0.2) is 0 Å². The van der Waals surface area contributed by atoms with Crippen LogP contribution in [0.1, 0.15) is 13.8 Å². The standard InChI is InChI=1S/C11H12N4O4/c1-6(2)18-9-4-3-7(5-8(9)15(16)17)10-13-14-11(12)19-10/h3-6H,1-2H3,(H2,12,14). The molecule has 0 aliphatic rings. The van der Waals surface area contributed by atoms with E-state index in [2.05, 4.69) is 10.2 Å². The number of rotatable bonds is 4. The summed E-state index contributed by atoms with van der Waals surface area (Å²) in [5.41, 5.74) is 5.56. The van der Waals surface area contributed by atoms with E-state index in [4.69, 9.17) is 14.9 Å². The third-order valence-electron chi connectivity index (χ3n) is 2.21. The first-order chi connectivity index (χ1) is 8.97. The van der Waals surface area contributed by atoms with Gasteiger partial charge in [0.2, 0.25) is 5.89 Å². The number of hydrogen-bond acceptors (Lipinski definition) is 7. The van der Waals surface area contributed by atoms with Crippen molar-refractivity contribution in [2.24, 2.45) is 0 Å². The number of nitrogens with zero attached hydrogens (tertiary/aromatic N) is 3. The number of nitro groups is 1. The lowest BCUT2D eigenvalue weighted by molar-refractivity contribution is -0.386. The maximum Gasteiger partial charge on any atom is 0.313 e. The monoisotopic (exact) mass is 264 g/mol. The van der Waals surface area contributed by atoms with E-state index in [1.165, 1.54) is 12.1 Å². The van der Waals surface area contributed by atoms with Crippen LogP contribution in [0.2, 0.25) is 0 Å². The fourth-order valence-corrected chi connectivity index (χ4v) is 1.50. The van der Waals surface area contributed by atoms with Gasteiger partial charge in [0.15, 0.2) is 5.75 Å². The van der Waals surface area contributed by atoms with Gasteiger partial charge in [-0.1, -0.05) is 5.10 Å². The Hall–Kier alpha value is -2.64. The summed E-state index contributed by atoms with van der Waals surface area (Å²) in [4.78, 5) is 10.5. The Labute approximate surface area is 108 Å². The lowest BCUT2D eigenvalue weighted by Gasteiger charge is -2.10. The van der Waals surface area contributed by atoms with Gasteiger partial charge in [0.25, 0.3) is 0 Å². The van der Waals surface area contributed by atoms with Gasteiger partial charge in [0.1, 0.15) is 0 Å². The van der Waals surface area contributed by atoms with Crippen LogP contribution in [0, 0.1) is 10.1 Å². The van der Waals surface area contributed by atoms with Crippen molar-refractivity contribution in [1.82, 2.24) is 10.2 Å². The first kappa shape index (κ1) is 12.8. The highest BCUT2D eigenvalue weighted by atomic mass is 16.6. The first-order valence-corrected chi connectivity index (χ1v) is 5.52. The second-order valence-electron chi connectivity index (χ2n) is 4.05. The lowest BCUT2D eigenvalue weighted by Crippen LogP contribution is -2.07. The molecule has 2 rings (SSSR count). The molecule has 1 aromatic carbocycles. The van der Waals surface area contributed by atoms with Crippen LogP contribution in [-0.2, 0) is 0 Å².